The molecule has 3 heterocycles. The highest BCUT2D eigenvalue weighted by molar-refractivity contribution is 5.07. The molecular weight excluding hydrogens is 104 g/mol. The van der Waals surface area contributed by atoms with Crippen molar-refractivity contribution >= 4 is 0 Å². The quantitative estimate of drug-likeness (QED) is 0.421. The summed E-state index contributed by atoms with van der Waals surface area (Å²) in [7, 11) is 0. The van der Waals surface area contributed by atoms with Crippen molar-refractivity contribution in [3.8, 4) is 0 Å². The van der Waals surface area contributed by atoms with Crippen molar-refractivity contribution in [3.63, 3.8) is 0 Å². The van der Waals surface area contributed by atoms with E-state index in [9.17, 15) is 0 Å². The maximum Gasteiger partial charge on any atom is 0.113 e. The lowest BCUT2D eigenvalue weighted by molar-refractivity contribution is 0.0208. The van der Waals surface area contributed by atoms with Crippen molar-refractivity contribution in [1.82, 2.24) is 0 Å². The van der Waals surface area contributed by atoms with Gasteiger partial charge in [-0.05, 0) is 12.8 Å². The maximum absolute atomic E-state index is 5.51. The summed E-state index contributed by atoms with van der Waals surface area (Å²) in [6.07, 6.45) is 4.51. The molecule has 0 aromatic rings. The number of rotatable bonds is 0. The average Bonchev–Trinajstić information content (AvgIpc) is 2.39. The van der Waals surface area contributed by atoms with Crippen molar-refractivity contribution in [2.45, 2.75) is 37.3 Å². The van der Waals surface area contributed by atoms with Crippen LogP contribution in [0, 0.1) is 0 Å². The molecule has 4 atom stereocenters. The first kappa shape index (κ1) is 3.85. The van der Waals surface area contributed by atoms with Crippen LogP contribution in [0.3, 0.4) is 0 Å². The molecule has 0 N–H and O–H groups in total. The van der Waals surface area contributed by atoms with Crippen LogP contribution in [0.2, 0.25) is 0 Å². The molecule has 3 saturated heterocycles. The van der Waals surface area contributed by atoms with Gasteiger partial charge in [0.1, 0.15) is 12.2 Å². The number of hydrogen-bond donors (Lipinski definition) is 0. The fourth-order valence-electron chi connectivity index (χ4n) is 1.91. The molecule has 0 aliphatic carbocycles. The molecule has 0 aromatic carbocycles. The maximum atomic E-state index is 5.51. The van der Waals surface area contributed by atoms with E-state index in [2.05, 4.69) is 0 Å². The molecule has 0 saturated carbocycles. The Morgan fingerprint density at radius 1 is 0.875 bits per heavy atom. The highest BCUT2D eigenvalue weighted by Gasteiger charge is 2.61. The molecule has 3 aliphatic rings. The number of ether oxygens (including phenoxy) is 2. The lowest BCUT2D eigenvalue weighted by Crippen LogP contribution is -2.11. The Balaban J connectivity index is 2.02. The Morgan fingerprint density at radius 2 is 1.50 bits per heavy atom. The van der Waals surface area contributed by atoms with E-state index < -0.39 is 0 Å². The minimum atomic E-state index is 0.491. The summed E-state index contributed by atoms with van der Waals surface area (Å²) in [5, 5.41) is 0. The van der Waals surface area contributed by atoms with E-state index >= 15 is 0 Å². The summed E-state index contributed by atoms with van der Waals surface area (Å²) < 4.78 is 10.8. The van der Waals surface area contributed by atoms with E-state index in [-0.39, 0.29) is 0 Å². The molecule has 44 valence electrons. The van der Waals surface area contributed by atoms with Gasteiger partial charge in [-0.15, -0.1) is 0 Å². The van der Waals surface area contributed by atoms with E-state index in [0.717, 1.165) is 0 Å². The SMILES string of the molecule is C1C[C@H]2O[C@@H]1[C@@H]1O[C@@H]12. The highest BCUT2D eigenvalue weighted by atomic mass is 16.7. The third-order valence-electron chi connectivity index (χ3n) is 2.38. The topological polar surface area (TPSA) is 21.8 Å². The van der Waals surface area contributed by atoms with Crippen molar-refractivity contribution in [3.05, 3.63) is 0 Å². The lowest BCUT2D eigenvalue weighted by atomic mass is 10.0. The van der Waals surface area contributed by atoms with Crippen LogP contribution in [0.5, 0.6) is 0 Å². The fraction of sp³-hybridized carbons (Fsp3) is 1.00. The highest BCUT2D eigenvalue weighted by Crippen LogP contribution is 2.47. The first-order valence-electron chi connectivity index (χ1n) is 3.26. The average molecular weight is 112 g/mol. The monoisotopic (exact) mass is 112 g/mol. The van der Waals surface area contributed by atoms with Gasteiger partial charge in [-0.25, -0.2) is 0 Å². The van der Waals surface area contributed by atoms with Gasteiger partial charge in [-0.3, -0.25) is 0 Å². The van der Waals surface area contributed by atoms with E-state index in [1.54, 1.807) is 0 Å². The molecule has 0 amide bonds. The number of epoxide rings is 1. The summed E-state index contributed by atoms with van der Waals surface area (Å²) >= 11 is 0. The van der Waals surface area contributed by atoms with Crippen molar-refractivity contribution < 1.29 is 9.47 Å². The van der Waals surface area contributed by atoms with E-state index in [1.807, 2.05) is 0 Å². The molecule has 2 nitrogen and oxygen atoms in total. The molecule has 0 aromatic heterocycles. The molecule has 0 spiro atoms. The second-order valence-corrected chi connectivity index (χ2v) is 2.86. The van der Waals surface area contributed by atoms with Crippen LogP contribution in [-0.2, 0) is 9.47 Å². The smallest absolute Gasteiger partial charge is 0.113 e. The zero-order chi connectivity index (χ0) is 5.14. The Kier molecular flexibility index (Phi) is 0.461. The second-order valence-electron chi connectivity index (χ2n) is 2.86. The van der Waals surface area contributed by atoms with E-state index in [0.29, 0.717) is 24.4 Å². The van der Waals surface area contributed by atoms with Crippen LogP contribution in [0.25, 0.3) is 0 Å². The van der Waals surface area contributed by atoms with Crippen LogP contribution in [0.4, 0.5) is 0 Å². The van der Waals surface area contributed by atoms with Gasteiger partial charge in [0.2, 0.25) is 0 Å². The van der Waals surface area contributed by atoms with Gasteiger partial charge in [0, 0.05) is 0 Å². The molecule has 3 fully saturated rings. The predicted molar refractivity (Wildman–Crippen MR) is 26.6 cm³/mol. The van der Waals surface area contributed by atoms with E-state index in [1.165, 1.54) is 12.8 Å². The number of fused-ring (bicyclic) bond motifs is 5. The van der Waals surface area contributed by atoms with E-state index in [4.69, 9.17) is 9.47 Å². The molecule has 2 heteroatoms. The van der Waals surface area contributed by atoms with Gasteiger partial charge in [-0.1, -0.05) is 0 Å². The molecule has 2 bridgehead atoms. The van der Waals surface area contributed by atoms with Crippen molar-refractivity contribution in [1.29, 1.82) is 0 Å². The minimum Gasteiger partial charge on any atom is -0.369 e. The normalized spacial score (nSPS) is 66.0. The summed E-state index contributed by atoms with van der Waals surface area (Å²) in [4.78, 5) is 0. The van der Waals surface area contributed by atoms with Crippen LogP contribution in [0.15, 0.2) is 0 Å². The van der Waals surface area contributed by atoms with Gasteiger partial charge in [-0.2, -0.15) is 0 Å². The van der Waals surface area contributed by atoms with Gasteiger partial charge in [0.25, 0.3) is 0 Å². The van der Waals surface area contributed by atoms with Crippen LogP contribution in [-0.4, -0.2) is 24.4 Å². The Hall–Kier alpha value is -0.0800. The lowest BCUT2D eigenvalue weighted by Gasteiger charge is -2.00. The van der Waals surface area contributed by atoms with Gasteiger partial charge in [0.05, 0.1) is 12.2 Å². The summed E-state index contributed by atoms with van der Waals surface area (Å²) in [5.74, 6) is 0. The van der Waals surface area contributed by atoms with Crippen molar-refractivity contribution in [2.24, 2.45) is 0 Å². The zero-order valence-electron chi connectivity index (χ0n) is 4.54. The molecule has 8 heavy (non-hydrogen) atoms. The van der Waals surface area contributed by atoms with Gasteiger partial charge < -0.3 is 9.47 Å². The third kappa shape index (κ3) is 0.273. The Bertz CT molecular complexity index is 120. The molecule has 3 aliphatic heterocycles. The summed E-state index contributed by atoms with van der Waals surface area (Å²) in [5.41, 5.74) is 0. The van der Waals surface area contributed by atoms with Crippen molar-refractivity contribution in [2.75, 3.05) is 0 Å². The van der Waals surface area contributed by atoms with Gasteiger partial charge >= 0.3 is 0 Å². The zero-order valence-corrected chi connectivity index (χ0v) is 4.54. The summed E-state index contributed by atoms with van der Waals surface area (Å²) in [6.45, 7) is 0. The second kappa shape index (κ2) is 0.957. The molecule has 3 rings (SSSR count). The molecule has 0 unspecified atom stereocenters. The predicted octanol–water partition coefficient (Wildman–Crippen LogP) is 0.315. The molecule has 0 radical (unpaired) electrons. The van der Waals surface area contributed by atoms with Gasteiger partial charge in [0.15, 0.2) is 0 Å². The number of hydrogen-bond acceptors (Lipinski definition) is 2. The first-order chi connectivity index (χ1) is 3.95. The Labute approximate surface area is 47.8 Å². The van der Waals surface area contributed by atoms with Crippen LogP contribution in [0.1, 0.15) is 12.8 Å². The van der Waals surface area contributed by atoms with Crippen LogP contribution < -0.4 is 0 Å². The first-order valence-corrected chi connectivity index (χ1v) is 3.26. The summed E-state index contributed by atoms with van der Waals surface area (Å²) in [6, 6.07) is 0. The fourth-order valence-corrected chi connectivity index (χ4v) is 1.91. The van der Waals surface area contributed by atoms with Crippen LogP contribution >= 0.6 is 0 Å². The largest absolute Gasteiger partial charge is 0.369 e. The minimum absolute atomic E-state index is 0.491. The standard InChI is InChI=1S/C6H8O2/c1-2-4-6-5(8-6)3(1)7-4/h3-6H,1-2H2/t3-,4+,5-,6+. The Morgan fingerprint density at radius 3 is 1.88 bits per heavy atom. The molecular formula is C6H8O2. The third-order valence-corrected chi connectivity index (χ3v) is 2.38.